The van der Waals surface area contributed by atoms with Crippen LogP contribution in [0.1, 0.15) is 55.6 Å². The lowest BCUT2D eigenvalue weighted by atomic mass is 10.2. The Hall–Kier alpha value is -1.38. The fourth-order valence-corrected chi connectivity index (χ4v) is 2.05. The van der Waals surface area contributed by atoms with Gasteiger partial charge in [-0.2, -0.15) is 0 Å². The third kappa shape index (κ3) is 3.84. The van der Waals surface area contributed by atoms with E-state index in [2.05, 4.69) is 10.3 Å². The third-order valence-corrected chi connectivity index (χ3v) is 2.91. The van der Waals surface area contributed by atoms with Gasteiger partial charge in [-0.3, -0.25) is 9.78 Å². The number of hydrogen-bond donors (Lipinski definition) is 1. The van der Waals surface area contributed by atoms with Gasteiger partial charge in [0, 0.05) is 12.2 Å². The standard InChI is InChI=1S/C12H16N2O.C2H6/c1-9-5-4-8-13-11(9)12(15)14-10-6-2-3-7-10;1-2/h4-5,8,10H,2-3,6-7H2,1H3,(H,14,15);1-2H3. The van der Waals surface area contributed by atoms with Crippen molar-refractivity contribution in [2.24, 2.45) is 0 Å². The van der Waals surface area contributed by atoms with Gasteiger partial charge in [0.15, 0.2) is 0 Å². The van der Waals surface area contributed by atoms with Gasteiger partial charge in [-0.25, -0.2) is 0 Å². The van der Waals surface area contributed by atoms with Gasteiger partial charge in [0.05, 0.1) is 0 Å². The van der Waals surface area contributed by atoms with E-state index in [0.717, 1.165) is 18.4 Å². The van der Waals surface area contributed by atoms with Gasteiger partial charge in [-0.15, -0.1) is 0 Å². The van der Waals surface area contributed by atoms with E-state index in [9.17, 15) is 4.79 Å². The Bertz CT molecular complexity index is 357. The first-order valence-corrected chi connectivity index (χ1v) is 6.50. The first kappa shape index (κ1) is 13.7. The fourth-order valence-electron chi connectivity index (χ4n) is 2.05. The van der Waals surface area contributed by atoms with Gasteiger partial charge in [0.2, 0.25) is 0 Å². The number of amides is 1. The summed E-state index contributed by atoms with van der Waals surface area (Å²) < 4.78 is 0. The monoisotopic (exact) mass is 234 g/mol. The molecule has 1 heterocycles. The zero-order chi connectivity index (χ0) is 12.7. The van der Waals surface area contributed by atoms with Crippen molar-refractivity contribution in [3.63, 3.8) is 0 Å². The van der Waals surface area contributed by atoms with Crippen LogP contribution in [0.5, 0.6) is 0 Å². The Morgan fingerprint density at radius 2 is 2.00 bits per heavy atom. The zero-order valence-electron chi connectivity index (χ0n) is 11.0. The Labute approximate surface area is 104 Å². The van der Waals surface area contributed by atoms with Crippen molar-refractivity contribution >= 4 is 5.91 Å². The smallest absolute Gasteiger partial charge is 0.270 e. The molecule has 3 heteroatoms. The highest BCUT2D eigenvalue weighted by Crippen LogP contribution is 2.18. The Morgan fingerprint density at radius 3 is 2.59 bits per heavy atom. The largest absolute Gasteiger partial charge is 0.348 e. The van der Waals surface area contributed by atoms with Crippen molar-refractivity contribution in [2.45, 2.75) is 52.5 Å². The van der Waals surface area contributed by atoms with Crippen LogP contribution in [0.25, 0.3) is 0 Å². The molecular formula is C14H22N2O. The summed E-state index contributed by atoms with van der Waals surface area (Å²) in [6.07, 6.45) is 6.34. The van der Waals surface area contributed by atoms with Crippen LogP contribution in [0.15, 0.2) is 18.3 Å². The number of aryl methyl sites for hydroxylation is 1. The molecule has 1 saturated carbocycles. The normalized spacial score (nSPS) is 15.0. The predicted octanol–water partition coefficient (Wildman–Crippen LogP) is 3.09. The summed E-state index contributed by atoms with van der Waals surface area (Å²) in [5, 5.41) is 3.03. The fraction of sp³-hybridized carbons (Fsp3) is 0.571. The van der Waals surface area contributed by atoms with Crippen molar-refractivity contribution in [3.8, 4) is 0 Å². The molecule has 1 fully saturated rings. The zero-order valence-corrected chi connectivity index (χ0v) is 11.0. The summed E-state index contributed by atoms with van der Waals surface area (Å²) in [4.78, 5) is 16.0. The van der Waals surface area contributed by atoms with Crippen LogP contribution >= 0.6 is 0 Å². The van der Waals surface area contributed by atoms with Crippen LogP contribution in [-0.4, -0.2) is 16.9 Å². The molecule has 17 heavy (non-hydrogen) atoms. The molecule has 0 aliphatic heterocycles. The highest BCUT2D eigenvalue weighted by atomic mass is 16.1. The molecule has 2 rings (SSSR count). The van der Waals surface area contributed by atoms with Gasteiger partial charge in [0.25, 0.3) is 5.91 Å². The van der Waals surface area contributed by atoms with E-state index in [1.807, 2.05) is 32.9 Å². The van der Waals surface area contributed by atoms with Crippen molar-refractivity contribution in [3.05, 3.63) is 29.6 Å². The van der Waals surface area contributed by atoms with E-state index >= 15 is 0 Å². The molecule has 1 aliphatic rings. The van der Waals surface area contributed by atoms with Gasteiger partial charge >= 0.3 is 0 Å². The molecule has 0 unspecified atom stereocenters. The number of carbonyl (C=O) groups is 1. The maximum atomic E-state index is 11.8. The second-order valence-electron chi connectivity index (χ2n) is 4.12. The van der Waals surface area contributed by atoms with Crippen LogP contribution in [-0.2, 0) is 0 Å². The lowest BCUT2D eigenvalue weighted by molar-refractivity contribution is 0.0932. The molecule has 94 valence electrons. The minimum absolute atomic E-state index is 0.0278. The quantitative estimate of drug-likeness (QED) is 0.854. The first-order chi connectivity index (χ1) is 8.27. The number of nitrogens with zero attached hydrogens (tertiary/aromatic N) is 1. The van der Waals surface area contributed by atoms with E-state index < -0.39 is 0 Å². The van der Waals surface area contributed by atoms with Crippen molar-refractivity contribution in [1.82, 2.24) is 10.3 Å². The molecule has 1 amide bonds. The Balaban J connectivity index is 0.000000686. The van der Waals surface area contributed by atoms with Crippen LogP contribution in [0, 0.1) is 6.92 Å². The summed E-state index contributed by atoms with van der Waals surface area (Å²) in [6.45, 7) is 5.91. The van der Waals surface area contributed by atoms with E-state index in [1.54, 1.807) is 6.20 Å². The second-order valence-corrected chi connectivity index (χ2v) is 4.12. The molecule has 0 radical (unpaired) electrons. The van der Waals surface area contributed by atoms with Gasteiger partial charge in [-0.05, 0) is 31.4 Å². The summed E-state index contributed by atoms with van der Waals surface area (Å²) >= 11 is 0. The van der Waals surface area contributed by atoms with Crippen molar-refractivity contribution in [1.29, 1.82) is 0 Å². The lowest BCUT2D eigenvalue weighted by Gasteiger charge is -2.12. The summed E-state index contributed by atoms with van der Waals surface area (Å²) in [6, 6.07) is 4.12. The summed E-state index contributed by atoms with van der Waals surface area (Å²) in [7, 11) is 0. The molecular weight excluding hydrogens is 212 g/mol. The average molecular weight is 234 g/mol. The molecule has 1 N–H and O–H groups in total. The maximum Gasteiger partial charge on any atom is 0.270 e. The first-order valence-electron chi connectivity index (χ1n) is 6.50. The molecule has 0 atom stereocenters. The Kier molecular flexibility index (Phi) is 5.67. The lowest BCUT2D eigenvalue weighted by Crippen LogP contribution is -2.33. The van der Waals surface area contributed by atoms with E-state index in [1.165, 1.54) is 12.8 Å². The topological polar surface area (TPSA) is 42.0 Å². The molecule has 0 spiro atoms. The van der Waals surface area contributed by atoms with Gasteiger partial charge in [0.1, 0.15) is 5.69 Å². The van der Waals surface area contributed by atoms with Gasteiger partial charge < -0.3 is 5.32 Å². The number of nitrogens with one attached hydrogen (secondary N) is 1. The van der Waals surface area contributed by atoms with Gasteiger partial charge in [-0.1, -0.05) is 32.8 Å². The van der Waals surface area contributed by atoms with Crippen molar-refractivity contribution < 1.29 is 4.79 Å². The Morgan fingerprint density at radius 1 is 1.35 bits per heavy atom. The molecule has 1 aromatic rings. The van der Waals surface area contributed by atoms with E-state index in [-0.39, 0.29) is 5.91 Å². The number of aromatic nitrogens is 1. The van der Waals surface area contributed by atoms with Crippen LogP contribution in [0.3, 0.4) is 0 Å². The number of hydrogen-bond acceptors (Lipinski definition) is 2. The minimum atomic E-state index is -0.0278. The minimum Gasteiger partial charge on any atom is -0.348 e. The average Bonchev–Trinajstić information content (AvgIpc) is 2.85. The molecule has 1 aromatic heterocycles. The molecule has 0 saturated heterocycles. The number of carbonyl (C=O) groups excluding carboxylic acids is 1. The third-order valence-electron chi connectivity index (χ3n) is 2.91. The summed E-state index contributed by atoms with van der Waals surface area (Å²) in [5.41, 5.74) is 1.50. The predicted molar refractivity (Wildman–Crippen MR) is 70.0 cm³/mol. The van der Waals surface area contributed by atoms with E-state index in [4.69, 9.17) is 0 Å². The van der Waals surface area contributed by atoms with Crippen LogP contribution < -0.4 is 5.32 Å². The molecule has 3 nitrogen and oxygen atoms in total. The molecule has 0 aromatic carbocycles. The van der Waals surface area contributed by atoms with Crippen LogP contribution in [0.2, 0.25) is 0 Å². The van der Waals surface area contributed by atoms with Crippen molar-refractivity contribution in [2.75, 3.05) is 0 Å². The maximum absolute atomic E-state index is 11.8. The SMILES string of the molecule is CC.Cc1cccnc1C(=O)NC1CCCC1. The molecule has 0 bridgehead atoms. The van der Waals surface area contributed by atoms with E-state index in [0.29, 0.717) is 11.7 Å². The van der Waals surface area contributed by atoms with Crippen LogP contribution in [0.4, 0.5) is 0 Å². The second kappa shape index (κ2) is 7.05. The number of pyridine rings is 1. The summed E-state index contributed by atoms with van der Waals surface area (Å²) in [5.74, 6) is -0.0278. The highest BCUT2D eigenvalue weighted by Gasteiger charge is 2.19. The highest BCUT2D eigenvalue weighted by molar-refractivity contribution is 5.93. The molecule has 1 aliphatic carbocycles. The number of rotatable bonds is 2.